The third-order valence-electron chi connectivity index (χ3n) is 3.02. The Morgan fingerprint density at radius 1 is 1.24 bits per heavy atom. The van der Waals surface area contributed by atoms with Gasteiger partial charge in [0.05, 0.1) is 11.4 Å². The van der Waals surface area contributed by atoms with Gasteiger partial charge in [-0.2, -0.15) is 0 Å². The molecule has 2 aromatic rings. The van der Waals surface area contributed by atoms with Crippen LogP contribution in [0.1, 0.15) is 5.56 Å². The molecule has 1 aliphatic heterocycles. The van der Waals surface area contributed by atoms with Crippen LogP contribution < -0.4 is 10.2 Å². The predicted molar refractivity (Wildman–Crippen MR) is 70.9 cm³/mol. The molecule has 0 saturated heterocycles. The number of fused-ring (bicyclic) bond motifs is 1. The molecule has 3 heteroatoms. The standard InChI is InChI=1S/C14H15N3/c1-11-6-7-16-14(10-11)17-9-8-15-12-4-2-3-5-13(12)17/h2-7,10,15H,8-9H2,1H3. The van der Waals surface area contributed by atoms with Crippen molar-refractivity contribution >= 4 is 17.2 Å². The molecular weight excluding hydrogens is 210 g/mol. The lowest BCUT2D eigenvalue weighted by atomic mass is 10.2. The summed E-state index contributed by atoms with van der Waals surface area (Å²) in [5.74, 6) is 1.03. The molecule has 1 aliphatic rings. The fourth-order valence-corrected chi connectivity index (χ4v) is 2.19. The number of aryl methyl sites for hydroxylation is 1. The first kappa shape index (κ1) is 10.1. The van der Waals surface area contributed by atoms with E-state index in [1.165, 1.54) is 16.9 Å². The normalized spacial score (nSPS) is 14.1. The number of benzene rings is 1. The first-order chi connectivity index (χ1) is 8.34. The van der Waals surface area contributed by atoms with Gasteiger partial charge in [0, 0.05) is 19.3 Å². The molecule has 0 aliphatic carbocycles. The number of para-hydroxylation sites is 2. The molecule has 17 heavy (non-hydrogen) atoms. The summed E-state index contributed by atoms with van der Waals surface area (Å²) in [5, 5.41) is 3.41. The molecule has 86 valence electrons. The van der Waals surface area contributed by atoms with Gasteiger partial charge in [-0.05, 0) is 36.8 Å². The maximum atomic E-state index is 4.46. The van der Waals surface area contributed by atoms with E-state index in [2.05, 4.69) is 52.5 Å². The van der Waals surface area contributed by atoms with E-state index >= 15 is 0 Å². The van der Waals surface area contributed by atoms with Gasteiger partial charge < -0.3 is 10.2 Å². The van der Waals surface area contributed by atoms with E-state index in [1.54, 1.807) is 0 Å². The van der Waals surface area contributed by atoms with Gasteiger partial charge in [-0.15, -0.1) is 0 Å². The fourth-order valence-electron chi connectivity index (χ4n) is 2.19. The van der Waals surface area contributed by atoms with Gasteiger partial charge in [0.25, 0.3) is 0 Å². The molecule has 0 fully saturated rings. The van der Waals surface area contributed by atoms with Gasteiger partial charge >= 0.3 is 0 Å². The molecule has 1 aromatic carbocycles. The molecule has 1 aromatic heterocycles. The number of pyridine rings is 1. The highest BCUT2D eigenvalue weighted by atomic mass is 15.2. The summed E-state index contributed by atoms with van der Waals surface area (Å²) in [7, 11) is 0. The van der Waals surface area contributed by atoms with Crippen molar-refractivity contribution in [2.24, 2.45) is 0 Å². The lowest BCUT2D eigenvalue weighted by molar-refractivity contribution is 0.907. The van der Waals surface area contributed by atoms with E-state index in [9.17, 15) is 0 Å². The Morgan fingerprint density at radius 3 is 3.00 bits per heavy atom. The van der Waals surface area contributed by atoms with E-state index in [0.29, 0.717) is 0 Å². The van der Waals surface area contributed by atoms with Crippen molar-refractivity contribution in [3.8, 4) is 0 Å². The molecule has 0 atom stereocenters. The Morgan fingerprint density at radius 2 is 2.12 bits per heavy atom. The van der Waals surface area contributed by atoms with Gasteiger partial charge in [0.1, 0.15) is 5.82 Å². The molecule has 0 spiro atoms. The van der Waals surface area contributed by atoms with Crippen molar-refractivity contribution in [3.05, 3.63) is 48.2 Å². The molecule has 0 amide bonds. The van der Waals surface area contributed by atoms with Crippen LogP contribution in [0.4, 0.5) is 17.2 Å². The highest BCUT2D eigenvalue weighted by molar-refractivity contribution is 5.77. The van der Waals surface area contributed by atoms with Crippen molar-refractivity contribution in [1.82, 2.24) is 4.98 Å². The second kappa shape index (κ2) is 4.09. The maximum Gasteiger partial charge on any atom is 0.133 e. The van der Waals surface area contributed by atoms with Crippen LogP contribution in [-0.2, 0) is 0 Å². The minimum absolute atomic E-state index is 0.951. The second-order valence-corrected chi connectivity index (χ2v) is 4.29. The Balaban J connectivity index is 2.06. The van der Waals surface area contributed by atoms with Crippen molar-refractivity contribution in [3.63, 3.8) is 0 Å². The average molecular weight is 225 g/mol. The number of aromatic nitrogens is 1. The minimum atomic E-state index is 0.951. The molecule has 2 heterocycles. The maximum absolute atomic E-state index is 4.46. The fraction of sp³-hybridized carbons (Fsp3) is 0.214. The molecule has 0 bridgehead atoms. The van der Waals surface area contributed by atoms with E-state index in [1.807, 2.05) is 12.3 Å². The van der Waals surface area contributed by atoms with Crippen LogP contribution in [-0.4, -0.2) is 18.1 Å². The highest BCUT2D eigenvalue weighted by Gasteiger charge is 2.17. The summed E-state index contributed by atoms with van der Waals surface area (Å²) >= 11 is 0. The summed E-state index contributed by atoms with van der Waals surface area (Å²) in [6.07, 6.45) is 1.87. The number of nitrogens with one attached hydrogen (secondary N) is 1. The van der Waals surface area contributed by atoms with Crippen LogP contribution in [0.15, 0.2) is 42.6 Å². The van der Waals surface area contributed by atoms with Crippen LogP contribution >= 0.6 is 0 Å². The molecule has 0 saturated carbocycles. The zero-order valence-corrected chi connectivity index (χ0v) is 9.85. The van der Waals surface area contributed by atoms with E-state index < -0.39 is 0 Å². The molecule has 1 N–H and O–H groups in total. The van der Waals surface area contributed by atoms with Crippen LogP contribution in [0.5, 0.6) is 0 Å². The van der Waals surface area contributed by atoms with Gasteiger partial charge in [-0.25, -0.2) is 4.98 Å². The van der Waals surface area contributed by atoms with E-state index in [-0.39, 0.29) is 0 Å². The van der Waals surface area contributed by atoms with Crippen molar-refractivity contribution in [2.75, 3.05) is 23.3 Å². The second-order valence-electron chi connectivity index (χ2n) is 4.29. The van der Waals surface area contributed by atoms with Crippen LogP contribution in [0.25, 0.3) is 0 Å². The van der Waals surface area contributed by atoms with Gasteiger partial charge in [-0.1, -0.05) is 12.1 Å². The first-order valence-electron chi connectivity index (χ1n) is 5.88. The number of anilines is 3. The minimum Gasteiger partial charge on any atom is -0.382 e. The molecule has 0 unspecified atom stereocenters. The summed E-state index contributed by atoms with van der Waals surface area (Å²) in [4.78, 5) is 6.72. The Kier molecular flexibility index (Phi) is 2.44. The number of hydrogen-bond donors (Lipinski definition) is 1. The molecule has 3 nitrogen and oxygen atoms in total. The SMILES string of the molecule is Cc1ccnc(N2CCNc3ccccc32)c1. The summed E-state index contributed by atoms with van der Waals surface area (Å²) in [6, 6.07) is 12.5. The Labute approximate surface area is 101 Å². The zero-order valence-electron chi connectivity index (χ0n) is 9.85. The first-order valence-corrected chi connectivity index (χ1v) is 5.88. The monoisotopic (exact) mass is 225 g/mol. The average Bonchev–Trinajstić information content (AvgIpc) is 2.38. The van der Waals surface area contributed by atoms with Gasteiger partial charge in [0.2, 0.25) is 0 Å². The summed E-state index contributed by atoms with van der Waals surface area (Å²) in [6.45, 7) is 4.00. The van der Waals surface area contributed by atoms with Gasteiger partial charge in [0.15, 0.2) is 0 Å². The smallest absolute Gasteiger partial charge is 0.133 e. The van der Waals surface area contributed by atoms with Gasteiger partial charge in [-0.3, -0.25) is 0 Å². The molecule has 3 rings (SSSR count). The predicted octanol–water partition coefficient (Wildman–Crippen LogP) is 2.95. The third-order valence-corrected chi connectivity index (χ3v) is 3.02. The Hall–Kier alpha value is -2.03. The molecular formula is C14H15N3. The van der Waals surface area contributed by atoms with Crippen molar-refractivity contribution in [2.45, 2.75) is 6.92 Å². The summed E-state index contributed by atoms with van der Waals surface area (Å²) in [5.41, 5.74) is 3.63. The highest BCUT2D eigenvalue weighted by Crippen LogP contribution is 2.33. The Bertz CT molecular complexity index is 536. The summed E-state index contributed by atoms with van der Waals surface area (Å²) < 4.78 is 0. The van der Waals surface area contributed by atoms with Crippen LogP contribution in [0, 0.1) is 6.92 Å². The quantitative estimate of drug-likeness (QED) is 0.808. The van der Waals surface area contributed by atoms with Crippen molar-refractivity contribution in [1.29, 1.82) is 0 Å². The number of nitrogens with zero attached hydrogens (tertiary/aromatic N) is 2. The van der Waals surface area contributed by atoms with Crippen molar-refractivity contribution < 1.29 is 0 Å². The van der Waals surface area contributed by atoms with Crippen LogP contribution in [0.2, 0.25) is 0 Å². The van der Waals surface area contributed by atoms with Crippen LogP contribution in [0.3, 0.4) is 0 Å². The third kappa shape index (κ3) is 1.84. The number of rotatable bonds is 1. The van der Waals surface area contributed by atoms with E-state index in [4.69, 9.17) is 0 Å². The van der Waals surface area contributed by atoms with E-state index in [0.717, 1.165) is 18.9 Å². The lowest BCUT2D eigenvalue weighted by Crippen LogP contribution is -2.30. The zero-order chi connectivity index (χ0) is 11.7. The topological polar surface area (TPSA) is 28.2 Å². The lowest BCUT2D eigenvalue weighted by Gasteiger charge is -2.31. The molecule has 0 radical (unpaired) electrons. The largest absolute Gasteiger partial charge is 0.382 e. The number of hydrogen-bond acceptors (Lipinski definition) is 3.